The van der Waals surface area contributed by atoms with Crippen molar-refractivity contribution in [3.05, 3.63) is 69.7 Å². The SMILES string of the molecule is Clc1ccc(/C=N/N2CC[NH+](Cc3ccccc3Cl)CC2)cc1. The lowest BCUT2D eigenvalue weighted by Crippen LogP contribution is -3.13. The monoisotopic (exact) mass is 348 g/mol. The molecule has 0 aliphatic carbocycles. The summed E-state index contributed by atoms with van der Waals surface area (Å²) in [6.45, 7) is 5.05. The second-order valence-corrected chi connectivity index (χ2v) is 6.61. The molecule has 0 unspecified atom stereocenters. The van der Waals surface area contributed by atoms with E-state index >= 15 is 0 Å². The Kier molecular flexibility index (Phi) is 5.55. The highest BCUT2D eigenvalue weighted by Gasteiger charge is 2.19. The molecule has 0 aromatic heterocycles. The number of benzene rings is 2. The second-order valence-electron chi connectivity index (χ2n) is 5.77. The molecular weight excluding hydrogens is 329 g/mol. The van der Waals surface area contributed by atoms with E-state index in [2.05, 4.69) is 16.2 Å². The number of hydrogen-bond donors (Lipinski definition) is 1. The minimum Gasteiger partial charge on any atom is -0.328 e. The summed E-state index contributed by atoms with van der Waals surface area (Å²) in [4.78, 5) is 1.55. The first-order valence-corrected chi connectivity index (χ1v) is 8.58. The zero-order valence-corrected chi connectivity index (χ0v) is 14.4. The molecule has 1 saturated heterocycles. The summed E-state index contributed by atoms with van der Waals surface area (Å²) < 4.78 is 0. The smallest absolute Gasteiger partial charge is 0.104 e. The summed E-state index contributed by atoms with van der Waals surface area (Å²) in [5, 5.41) is 8.31. The fourth-order valence-corrected chi connectivity index (χ4v) is 3.04. The molecule has 5 heteroatoms. The zero-order valence-electron chi connectivity index (χ0n) is 12.9. The van der Waals surface area contributed by atoms with Crippen molar-refractivity contribution in [3.8, 4) is 0 Å². The van der Waals surface area contributed by atoms with E-state index in [-0.39, 0.29) is 0 Å². The van der Waals surface area contributed by atoms with Gasteiger partial charge in [-0.1, -0.05) is 53.5 Å². The van der Waals surface area contributed by atoms with Crippen LogP contribution in [-0.4, -0.2) is 37.4 Å². The Morgan fingerprint density at radius 1 is 1.00 bits per heavy atom. The van der Waals surface area contributed by atoms with Crippen LogP contribution in [0.25, 0.3) is 0 Å². The zero-order chi connectivity index (χ0) is 16.1. The van der Waals surface area contributed by atoms with Gasteiger partial charge in [0.05, 0.1) is 32.4 Å². The number of nitrogens with zero attached hydrogens (tertiary/aromatic N) is 2. The Morgan fingerprint density at radius 2 is 1.70 bits per heavy atom. The minimum absolute atomic E-state index is 0.749. The number of quaternary nitrogens is 1. The van der Waals surface area contributed by atoms with Gasteiger partial charge in [-0.05, 0) is 23.8 Å². The summed E-state index contributed by atoms with van der Waals surface area (Å²) in [7, 11) is 0. The molecule has 0 saturated carbocycles. The molecule has 0 bridgehead atoms. The highest BCUT2D eigenvalue weighted by atomic mass is 35.5. The van der Waals surface area contributed by atoms with Gasteiger partial charge in [0, 0.05) is 15.6 Å². The third-order valence-corrected chi connectivity index (χ3v) is 4.71. The predicted molar refractivity (Wildman–Crippen MR) is 96.5 cm³/mol. The molecule has 1 heterocycles. The lowest BCUT2D eigenvalue weighted by molar-refractivity contribution is -0.918. The molecular formula is C18H20Cl2N3+. The topological polar surface area (TPSA) is 20.0 Å². The highest BCUT2D eigenvalue weighted by molar-refractivity contribution is 6.31. The van der Waals surface area contributed by atoms with Gasteiger partial charge in [-0.3, -0.25) is 5.01 Å². The molecule has 2 aromatic rings. The molecule has 0 amide bonds. The van der Waals surface area contributed by atoms with Crippen LogP contribution in [0, 0.1) is 0 Å². The van der Waals surface area contributed by atoms with Crippen LogP contribution >= 0.6 is 23.2 Å². The quantitative estimate of drug-likeness (QED) is 0.842. The molecule has 2 aromatic carbocycles. The number of hydrogen-bond acceptors (Lipinski definition) is 2. The lowest BCUT2D eigenvalue weighted by Gasteiger charge is -2.30. The van der Waals surface area contributed by atoms with E-state index in [0.29, 0.717) is 0 Å². The first kappa shape index (κ1) is 16.3. The van der Waals surface area contributed by atoms with Crippen LogP contribution < -0.4 is 4.90 Å². The molecule has 1 N–H and O–H groups in total. The van der Waals surface area contributed by atoms with Gasteiger partial charge in [0.2, 0.25) is 0 Å². The van der Waals surface area contributed by atoms with Crippen LogP contribution in [0.1, 0.15) is 11.1 Å². The molecule has 3 rings (SSSR count). The van der Waals surface area contributed by atoms with E-state index in [9.17, 15) is 0 Å². The summed E-state index contributed by atoms with van der Waals surface area (Å²) in [5.74, 6) is 0. The van der Waals surface area contributed by atoms with Gasteiger partial charge in [0.15, 0.2) is 0 Å². The highest BCUT2D eigenvalue weighted by Crippen LogP contribution is 2.13. The van der Waals surface area contributed by atoms with Crippen LogP contribution in [0.15, 0.2) is 53.6 Å². The minimum atomic E-state index is 0.749. The second kappa shape index (κ2) is 7.82. The average Bonchev–Trinajstić information content (AvgIpc) is 2.58. The number of hydrazone groups is 1. The number of piperazine rings is 1. The van der Waals surface area contributed by atoms with Gasteiger partial charge in [0.1, 0.15) is 6.54 Å². The van der Waals surface area contributed by atoms with Gasteiger partial charge in [0.25, 0.3) is 0 Å². The molecule has 0 spiro atoms. The summed E-state index contributed by atoms with van der Waals surface area (Å²) in [6, 6.07) is 15.8. The molecule has 1 aliphatic heterocycles. The molecule has 1 fully saturated rings. The van der Waals surface area contributed by atoms with Crippen molar-refractivity contribution in [2.75, 3.05) is 26.2 Å². The van der Waals surface area contributed by atoms with Crippen molar-refractivity contribution in [2.45, 2.75) is 6.54 Å². The Balaban J connectivity index is 1.50. The van der Waals surface area contributed by atoms with E-state index in [1.165, 1.54) is 5.56 Å². The van der Waals surface area contributed by atoms with E-state index in [1.54, 1.807) is 4.90 Å². The van der Waals surface area contributed by atoms with Crippen LogP contribution in [0.2, 0.25) is 10.0 Å². The van der Waals surface area contributed by atoms with Gasteiger partial charge >= 0.3 is 0 Å². The number of rotatable bonds is 4. The third kappa shape index (κ3) is 4.71. The first-order valence-electron chi connectivity index (χ1n) is 7.82. The standard InChI is InChI=1S/C18H19Cl2N3/c19-17-7-5-15(6-8-17)13-21-23-11-9-22(10-12-23)14-16-3-1-2-4-18(16)20/h1-8,13H,9-12,14H2/p+1/b21-13+. The summed E-state index contributed by atoms with van der Waals surface area (Å²) in [5.41, 5.74) is 2.29. The molecule has 1 aliphatic rings. The average molecular weight is 349 g/mol. The van der Waals surface area contributed by atoms with Crippen LogP contribution in [0.5, 0.6) is 0 Å². The van der Waals surface area contributed by atoms with Crippen molar-refractivity contribution >= 4 is 29.4 Å². The maximum Gasteiger partial charge on any atom is 0.104 e. The van der Waals surface area contributed by atoms with Crippen LogP contribution in [0.3, 0.4) is 0 Å². The maximum absolute atomic E-state index is 6.24. The fourth-order valence-electron chi connectivity index (χ4n) is 2.71. The fraction of sp³-hybridized carbons (Fsp3) is 0.278. The van der Waals surface area contributed by atoms with Gasteiger partial charge in [-0.15, -0.1) is 0 Å². The molecule has 0 atom stereocenters. The van der Waals surface area contributed by atoms with Crippen LogP contribution in [0.4, 0.5) is 0 Å². The molecule has 0 radical (unpaired) electrons. The first-order chi connectivity index (χ1) is 11.2. The van der Waals surface area contributed by atoms with Gasteiger partial charge in [-0.25, -0.2) is 0 Å². The maximum atomic E-state index is 6.24. The molecule has 120 valence electrons. The van der Waals surface area contributed by atoms with E-state index in [0.717, 1.165) is 48.3 Å². The molecule has 3 nitrogen and oxygen atoms in total. The largest absolute Gasteiger partial charge is 0.328 e. The normalized spacial score (nSPS) is 16.2. The Labute approximate surface area is 147 Å². The number of halogens is 2. The third-order valence-electron chi connectivity index (χ3n) is 4.09. The van der Waals surface area contributed by atoms with Crippen LogP contribution in [-0.2, 0) is 6.54 Å². The van der Waals surface area contributed by atoms with Crippen molar-refractivity contribution in [2.24, 2.45) is 5.10 Å². The van der Waals surface area contributed by atoms with Crippen molar-refractivity contribution in [1.29, 1.82) is 0 Å². The Bertz CT molecular complexity index is 662. The Morgan fingerprint density at radius 3 is 2.39 bits per heavy atom. The Hall–Kier alpha value is -1.55. The van der Waals surface area contributed by atoms with Crippen molar-refractivity contribution in [3.63, 3.8) is 0 Å². The lowest BCUT2D eigenvalue weighted by atomic mass is 10.2. The van der Waals surface area contributed by atoms with Crippen molar-refractivity contribution in [1.82, 2.24) is 5.01 Å². The number of nitrogens with one attached hydrogen (secondary N) is 1. The van der Waals surface area contributed by atoms with Crippen molar-refractivity contribution < 1.29 is 4.90 Å². The van der Waals surface area contributed by atoms with E-state index in [4.69, 9.17) is 23.2 Å². The van der Waals surface area contributed by atoms with E-state index < -0.39 is 0 Å². The predicted octanol–water partition coefficient (Wildman–Crippen LogP) is 2.73. The van der Waals surface area contributed by atoms with Gasteiger partial charge in [-0.2, -0.15) is 5.10 Å². The summed E-state index contributed by atoms with van der Waals surface area (Å²) >= 11 is 12.1. The molecule has 23 heavy (non-hydrogen) atoms. The van der Waals surface area contributed by atoms with Gasteiger partial charge < -0.3 is 4.90 Å². The summed E-state index contributed by atoms with van der Waals surface area (Å²) in [6.07, 6.45) is 1.90. The van der Waals surface area contributed by atoms with E-state index in [1.807, 2.05) is 48.7 Å².